The van der Waals surface area contributed by atoms with E-state index < -0.39 is 0 Å². The second kappa shape index (κ2) is 8.99. The molecule has 0 aliphatic carbocycles. The Balaban J connectivity index is 2.25. The molecular formula is C12H16BrCl2NO2. The van der Waals surface area contributed by atoms with Gasteiger partial charge in [0.15, 0.2) is 0 Å². The van der Waals surface area contributed by atoms with Crippen LogP contribution in [0.1, 0.15) is 6.92 Å². The quantitative estimate of drug-likeness (QED) is 0.568. The van der Waals surface area contributed by atoms with E-state index in [1.807, 2.05) is 6.92 Å². The molecule has 1 rings (SSSR count). The lowest BCUT2D eigenvalue weighted by Gasteiger charge is -2.10. The SMILES string of the molecule is CCOCCNCCOc1cc(Cl)c(Br)cc1Cl. The predicted octanol–water partition coefficient (Wildman–Crippen LogP) is 3.76. The van der Waals surface area contributed by atoms with Crippen LogP contribution in [-0.4, -0.2) is 32.9 Å². The first kappa shape index (κ1) is 16.1. The molecule has 102 valence electrons. The van der Waals surface area contributed by atoms with Gasteiger partial charge in [0.25, 0.3) is 0 Å². The lowest BCUT2D eigenvalue weighted by Crippen LogP contribution is -2.25. The standard InChI is InChI=1S/C12H16BrCl2NO2/c1-2-17-5-3-16-4-6-18-12-8-10(14)9(13)7-11(12)15/h7-8,16H,2-6H2,1H3. The van der Waals surface area contributed by atoms with Crippen molar-refractivity contribution in [3.05, 3.63) is 26.7 Å². The van der Waals surface area contributed by atoms with Crippen LogP contribution in [0, 0.1) is 0 Å². The van der Waals surface area contributed by atoms with E-state index in [9.17, 15) is 0 Å². The van der Waals surface area contributed by atoms with Crippen LogP contribution >= 0.6 is 39.1 Å². The van der Waals surface area contributed by atoms with E-state index in [0.717, 1.165) is 24.2 Å². The van der Waals surface area contributed by atoms with Gasteiger partial charge in [-0.2, -0.15) is 0 Å². The number of hydrogen-bond donors (Lipinski definition) is 1. The number of ether oxygens (including phenoxy) is 2. The first-order valence-electron chi connectivity index (χ1n) is 5.71. The van der Waals surface area contributed by atoms with Crippen LogP contribution in [0.15, 0.2) is 16.6 Å². The highest BCUT2D eigenvalue weighted by Gasteiger charge is 2.06. The molecule has 0 bridgehead atoms. The lowest BCUT2D eigenvalue weighted by atomic mass is 10.3. The zero-order chi connectivity index (χ0) is 13.4. The minimum atomic E-state index is 0.532. The van der Waals surface area contributed by atoms with Crippen molar-refractivity contribution in [2.75, 3.05) is 32.9 Å². The van der Waals surface area contributed by atoms with E-state index >= 15 is 0 Å². The number of rotatable bonds is 8. The van der Waals surface area contributed by atoms with Crippen molar-refractivity contribution in [2.45, 2.75) is 6.92 Å². The number of halogens is 3. The summed E-state index contributed by atoms with van der Waals surface area (Å²) in [6.07, 6.45) is 0. The van der Waals surface area contributed by atoms with Crippen LogP contribution in [0.2, 0.25) is 10.0 Å². The molecule has 0 spiro atoms. The minimum Gasteiger partial charge on any atom is -0.491 e. The monoisotopic (exact) mass is 355 g/mol. The third-order valence-electron chi connectivity index (χ3n) is 2.14. The van der Waals surface area contributed by atoms with Gasteiger partial charge in [-0.15, -0.1) is 0 Å². The molecule has 0 unspecified atom stereocenters. The highest BCUT2D eigenvalue weighted by Crippen LogP contribution is 2.33. The Labute approximate surface area is 126 Å². The van der Waals surface area contributed by atoms with Crippen molar-refractivity contribution in [3.63, 3.8) is 0 Å². The molecule has 0 heterocycles. The van der Waals surface area contributed by atoms with Crippen LogP contribution < -0.4 is 10.1 Å². The van der Waals surface area contributed by atoms with Crippen LogP contribution in [0.25, 0.3) is 0 Å². The Hall–Kier alpha value is -0.0000000000000000555. The van der Waals surface area contributed by atoms with E-state index in [1.54, 1.807) is 12.1 Å². The van der Waals surface area contributed by atoms with Crippen LogP contribution in [0.3, 0.4) is 0 Å². The van der Waals surface area contributed by atoms with Gasteiger partial charge in [0.05, 0.1) is 16.7 Å². The maximum atomic E-state index is 6.03. The second-order valence-corrected chi connectivity index (χ2v) is 5.16. The molecule has 1 aromatic carbocycles. The van der Waals surface area contributed by atoms with Crippen molar-refractivity contribution in [3.8, 4) is 5.75 Å². The molecule has 18 heavy (non-hydrogen) atoms. The minimum absolute atomic E-state index is 0.532. The Morgan fingerprint density at radius 3 is 2.61 bits per heavy atom. The molecule has 1 aromatic rings. The predicted molar refractivity (Wildman–Crippen MR) is 79.0 cm³/mol. The largest absolute Gasteiger partial charge is 0.491 e. The number of hydrogen-bond acceptors (Lipinski definition) is 3. The van der Waals surface area contributed by atoms with Crippen molar-refractivity contribution in [1.29, 1.82) is 0 Å². The summed E-state index contributed by atoms with van der Waals surface area (Å²) < 4.78 is 11.5. The van der Waals surface area contributed by atoms with Gasteiger partial charge in [0, 0.05) is 30.2 Å². The zero-order valence-electron chi connectivity index (χ0n) is 10.1. The molecule has 0 radical (unpaired) electrons. The number of nitrogens with one attached hydrogen (secondary N) is 1. The van der Waals surface area contributed by atoms with Crippen molar-refractivity contribution < 1.29 is 9.47 Å². The Morgan fingerprint density at radius 1 is 1.17 bits per heavy atom. The second-order valence-electron chi connectivity index (χ2n) is 3.49. The van der Waals surface area contributed by atoms with Gasteiger partial charge in [-0.05, 0) is 28.9 Å². The van der Waals surface area contributed by atoms with Gasteiger partial charge in [-0.1, -0.05) is 23.2 Å². The summed E-state index contributed by atoms with van der Waals surface area (Å²) in [6, 6.07) is 3.43. The molecule has 1 N–H and O–H groups in total. The highest BCUT2D eigenvalue weighted by molar-refractivity contribution is 9.10. The molecule has 0 aromatic heterocycles. The fourth-order valence-corrected chi connectivity index (χ4v) is 2.11. The molecule has 0 aliphatic heterocycles. The third kappa shape index (κ3) is 5.76. The van der Waals surface area contributed by atoms with Gasteiger partial charge in [0.2, 0.25) is 0 Å². The van der Waals surface area contributed by atoms with Crippen molar-refractivity contribution in [1.82, 2.24) is 5.32 Å². The average molecular weight is 357 g/mol. The molecule has 0 fully saturated rings. The van der Waals surface area contributed by atoms with E-state index in [1.165, 1.54) is 0 Å². The summed E-state index contributed by atoms with van der Waals surface area (Å²) in [4.78, 5) is 0. The molecular weight excluding hydrogens is 341 g/mol. The molecule has 0 saturated heterocycles. The summed E-state index contributed by atoms with van der Waals surface area (Å²) in [5.41, 5.74) is 0. The summed E-state index contributed by atoms with van der Waals surface area (Å²) in [7, 11) is 0. The Kier molecular flexibility index (Phi) is 8.02. The molecule has 0 saturated carbocycles. The average Bonchev–Trinajstić information content (AvgIpc) is 2.34. The Morgan fingerprint density at radius 2 is 1.89 bits per heavy atom. The first-order chi connectivity index (χ1) is 8.65. The summed E-state index contributed by atoms with van der Waals surface area (Å²) in [5, 5.41) is 4.32. The third-order valence-corrected chi connectivity index (χ3v) is 3.63. The summed E-state index contributed by atoms with van der Waals surface area (Å²) in [6.45, 7) is 5.50. The van der Waals surface area contributed by atoms with E-state index in [-0.39, 0.29) is 0 Å². The van der Waals surface area contributed by atoms with Gasteiger partial charge in [-0.3, -0.25) is 0 Å². The topological polar surface area (TPSA) is 30.5 Å². The lowest BCUT2D eigenvalue weighted by molar-refractivity contribution is 0.148. The van der Waals surface area contributed by atoms with Crippen molar-refractivity contribution in [2.24, 2.45) is 0 Å². The van der Waals surface area contributed by atoms with Crippen molar-refractivity contribution >= 4 is 39.1 Å². The first-order valence-corrected chi connectivity index (χ1v) is 7.25. The fourth-order valence-electron chi connectivity index (χ4n) is 1.26. The molecule has 0 aliphatic rings. The maximum Gasteiger partial charge on any atom is 0.139 e. The summed E-state index contributed by atoms with van der Waals surface area (Å²) in [5.74, 6) is 0.594. The van der Waals surface area contributed by atoms with E-state index in [2.05, 4.69) is 21.2 Å². The summed E-state index contributed by atoms with van der Waals surface area (Å²) >= 11 is 15.3. The van der Waals surface area contributed by atoms with Crippen LogP contribution in [0.4, 0.5) is 0 Å². The van der Waals surface area contributed by atoms with E-state index in [4.69, 9.17) is 32.7 Å². The van der Waals surface area contributed by atoms with Gasteiger partial charge < -0.3 is 14.8 Å². The maximum absolute atomic E-state index is 6.03. The molecule has 0 amide bonds. The van der Waals surface area contributed by atoms with E-state index in [0.29, 0.717) is 29.0 Å². The molecule has 6 heteroatoms. The fraction of sp³-hybridized carbons (Fsp3) is 0.500. The molecule has 3 nitrogen and oxygen atoms in total. The van der Waals surface area contributed by atoms with Gasteiger partial charge in [-0.25, -0.2) is 0 Å². The number of benzene rings is 1. The van der Waals surface area contributed by atoms with Gasteiger partial charge >= 0.3 is 0 Å². The van der Waals surface area contributed by atoms with Crippen LogP contribution in [0.5, 0.6) is 5.75 Å². The van der Waals surface area contributed by atoms with Gasteiger partial charge in [0.1, 0.15) is 12.4 Å². The normalized spacial score (nSPS) is 10.7. The zero-order valence-corrected chi connectivity index (χ0v) is 13.2. The Bertz CT molecular complexity index is 377. The molecule has 0 atom stereocenters. The van der Waals surface area contributed by atoms with Crippen LogP contribution in [-0.2, 0) is 4.74 Å². The highest BCUT2D eigenvalue weighted by atomic mass is 79.9. The smallest absolute Gasteiger partial charge is 0.139 e.